The van der Waals surface area contributed by atoms with E-state index < -0.39 is 4.92 Å². The van der Waals surface area contributed by atoms with Crippen molar-refractivity contribution >= 4 is 34.0 Å². The molecule has 0 aliphatic carbocycles. The number of rotatable bonds is 4. The van der Waals surface area contributed by atoms with Gasteiger partial charge in [0.05, 0.1) is 15.0 Å². The van der Waals surface area contributed by atoms with Crippen molar-refractivity contribution in [3.05, 3.63) is 44.1 Å². The predicted octanol–water partition coefficient (Wildman–Crippen LogP) is 2.19. The first-order valence-corrected chi connectivity index (χ1v) is 5.68. The third kappa shape index (κ3) is 2.90. The topological polar surface area (TPSA) is 94.1 Å². The molecular formula is C9H7IN4O3. The smallest absolute Gasteiger partial charge is 0.282 e. The van der Waals surface area contributed by atoms with Gasteiger partial charge in [-0.1, -0.05) is 5.16 Å². The lowest BCUT2D eigenvalue weighted by Crippen LogP contribution is -2.02. The molecule has 2 aromatic rings. The molecule has 0 unspecified atom stereocenters. The Morgan fingerprint density at radius 2 is 2.35 bits per heavy atom. The molecule has 8 heteroatoms. The highest BCUT2D eigenvalue weighted by Crippen LogP contribution is 2.24. The van der Waals surface area contributed by atoms with Gasteiger partial charge in [-0.3, -0.25) is 10.1 Å². The first-order valence-electron chi connectivity index (χ1n) is 4.60. The number of hydrogen-bond donors (Lipinski definition) is 1. The minimum atomic E-state index is -0.412. The number of aromatic nitrogens is 2. The van der Waals surface area contributed by atoms with E-state index in [-0.39, 0.29) is 5.69 Å². The highest BCUT2D eigenvalue weighted by Gasteiger charge is 2.11. The van der Waals surface area contributed by atoms with Crippen LogP contribution in [0.2, 0.25) is 0 Å². The molecule has 1 N–H and O–H groups in total. The van der Waals surface area contributed by atoms with Crippen LogP contribution in [0.4, 0.5) is 11.4 Å². The van der Waals surface area contributed by atoms with Crippen LogP contribution >= 0.6 is 22.6 Å². The minimum Gasteiger partial charge on any atom is -0.378 e. The number of anilines is 1. The molecule has 2 rings (SSSR count). The normalized spacial score (nSPS) is 10.2. The van der Waals surface area contributed by atoms with Crippen LogP contribution in [0.5, 0.6) is 0 Å². The average molecular weight is 346 g/mol. The molecule has 0 saturated carbocycles. The first kappa shape index (κ1) is 11.8. The Hall–Kier alpha value is -1.71. The Balaban J connectivity index is 2.07. The van der Waals surface area contributed by atoms with E-state index in [2.05, 4.69) is 20.0 Å². The molecule has 0 aliphatic rings. The molecule has 17 heavy (non-hydrogen) atoms. The summed E-state index contributed by atoms with van der Waals surface area (Å²) in [5.41, 5.74) is 0.862. The van der Waals surface area contributed by atoms with Gasteiger partial charge in [-0.2, -0.15) is 4.98 Å². The number of nitro benzene ring substituents is 1. The fraction of sp³-hybridized carbons (Fsp3) is 0.111. The van der Waals surface area contributed by atoms with E-state index in [9.17, 15) is 10.1 Å². The lowest BCUT2D eigenvalue weighted by Gasteiger charge is -2.04. The van der Waals surface area contributed by atoms with Crippen LogP contribution in [-0.4, -0.2) is 15.1 Å². The van der Waals surface area contributed by atoms with E-state index in [4.69, 9.17) is 0 Å². The SMILES string of the molecule is O=[N+]([O-])c1ccc(NCc2ncon2)cc1I. The van der Waals surface area contributed by atoms with Crippen molar-refractivity contribution in [2.24, 2.45) is 0 Å². The second-order valence-electron chi connectivity index (χ2n) is 3.12. The van der Waals surface area contributed by atoms with Gasteiger partial charge in [0.1, 0.15) is 0 Å². The zero-order valence-electron chi connectivity index (χ0n) is 8.46. The van der Waals surface area contributed by atoms with Crippen molar-refractivity contribution in [1.29, 1.82) is 0 Å². The van der Waals surface area contributed by atoms with Crippen molar-refractivity contribution < 1.29 is 9.45 Å². The molecule has 0 spiro atoms. The van der Waals surface area contributed by atoms with Crippen molar-refractivity contribution in [2.75, 3.05) is 5.32 Å². The van der Waals surface area contributed by atoms with Gasteiger partial charge in [0, 0.05) is 11.8 Å². The molecule has 1 aromatic heterocycles. The Bertz CT molecular complexity index is 529. The summed E-state index contributed by atoms with van der Waals surface area (Å²) in [5.74, 6) is 0.526. The Morgan fingerprint density at radius 3 is 2.94 bits per heavy atom. The maximum atomic E-state index is 10.6. The molecule has 1 aromatic carbocycles. The summed E-state index contributed by atoms with van der Waals surface area (Å²) in [6.45, 7) is 0.407. The molecular weight excluding hydrogens is 339 g/mol. The van der Waals surface area contributed by atoms with Crippen LogP contribution in [0.15, 0.2) is 29.1 Å². The van der Waals surface area contributed by atoms with Crippen molar-refractivity contribution in [2.45, 2.75) is 6.54 Å². The first-order chi connectivity index (χ1) is 8.16. The van der Waals surface area contributed by atoms with Crippen LogP contribution in [0.25, 0.3) is 0 Å². The molecule has 7 nitrogen and oxygen atoms in total. The Labute approximate surface area is 110 Å². The fourth-order valence-electron chi connectivity index (χ4n) is 1.22. The van der Waals surface area contributed by atoms with Gasteiger partial charge in [-0.05, 0) is 34.7 Å². The maximum Gasteiger partial charge on any atom is 0.282 e. The van der Waals surface area contributed by atoms with Gasteiger partial charge >= 0.3 is 0 Å². The second kappa shape index (κ2) is 5.08. The van der Waals surface area contributed by atoms with Gasteiger partial charge in [0.25, 0.3) is 5.69 Å². The second-order valence-corrected chi connectivity index (χ2v) is 4.29. The van der Waals surface area contributed by atoms with Crippen molar-refractivity contribution in [3.8, 4) is 0 Å². The van der Waals surface area contributed by atoms with Crippen LogP contribution in [0.3, 0.4) is 0 Å². The fourth-order valence-corrected chi connectivity index (χ4v) is 1.93. The zero-order valence-corrected chi connectivity index (χ0v) is 10.6. The van der Waals surface area contributed by atoms with Crippen LogP contribution in [0.1, 0.15) is 5.82 Å². The quantitative estimate of drug-likeness (QED) is 0.518. The largest absolute Gasteiger partial charge is 0.378 e. The van der Waals surface area contributed by atoms with E-state index in [1.807, 2.05) is 22.6 Å². The van der Waals surface area contributed by atoms with Gasteiger partial charge in [0.15, 0.2) is 5.82 Å². The number of nitro groups is 1. The van der Waals surface area contributed by atoms with Gasteiger partial charge in [-0.25, -0.2) is 0 Å². The molecule has 0 amide bonds. The lowest BCUT2D eigenvalue weighted by atomic mass is 10.3. The summed E-state index contributed by atoms with van der Waals surface area (Å²) in [5, 5.41) is 17.3. The van der Waals surface area contributed by atoms with E-state index in [0.29, 0.717) is 15.9 Å². The molecule has 0 aliphatic heterocycles. The molecule has 0 bridgehead atoms. The predicted molar refractivity (Wildman–Crippen MR) is 67.4 cm³/mol. The summed E-state index contributed by atoms with van der Waals surface area (Å²) in [6, 6.07) is 4.79. The average Bonchev–Trinajstić information content (AvgIpc) is 2.78. The third-order valence-electron chi connectivity index (χ3n) is 2.00. The van der Waals surface area contributed by atoms with E-state index in [1.165, 1.54) is 12.5 Å². The molecule has 0 radical (unpaired) electrons. The third-order valence-corrected chi connectivity index (χ3v) is 2.87. The molecule has 88 valence electrons. The standard InChI is InChI=1S/C9H7IN4O3/c10-7-3-6(1-2-8(7)14(15)16)11-4-9-12-5-17-13-9/h1-3,5,11H,4H2. The number of nitrogens with one attached hydrogen (secondary N) is 1. The Morgan fingerprint density at radius 1 is 1.53 bits per heavy atom. The van der Waals surface area contributed by atoms with Crippen molar-refractivity contribution in [1.82, 2.24) is 10.1 Å². The Kier molecular flexibility index (Phi) is 3.52. The summed E-state index contributed by atoms with van der Waals surface area (Å²) in [4.78, 5) is 14.1. The summed E-state index contributed by atoms with van der Waals surface area (Å²) >= 11 is 1.92. The summed E-state index contributed by atoms with van der Waals surface area (Å²) in [7, 11) is 0. The lowest BCUT2D eigenvalue weighted by molar-refractivity contribution is -0.385. The van der Waals surface area contributed by atoms with Gasteiger partial charge < -0.3 is 9.84 Å². The highest BCUT2D eigenvalue weighted by molar-refractivity contribution is 14.1. The van der Waals surface area contributed by atoms with Crippen molar-refractivity contribution in [3.63, 3.8) is 0 Å². The van der Waals surface area contributed by atoms with Crippen LogP contribution < -0.4 is 5.32 Å². The monoisotopic (exact) mass is 346 g/mol. The molecule has 0 fully saturated rings. The number of halogens is 1. The van der Waals surface area contributed by atoms with E-state index >= 15 is 0 Å². The number of hydrogen-bond acceptors (Lipinski definition) is 6. The number of benzene rings is 1. The van der Waals surface area contributed by atoms with Gasteiger partial charge in [-0.15, -0.1) is 0 Å². The summed E-state index contributed by atoms with van der Waals surface area (Å²) < 4.78 is 5.16. The highest BCUT2D eigenvalue weighted by atomic mass is 127. The summed E-state index contributed by atoms with van der Waals surface area (Å²) in [6.07, 6.45) is 1.25. The maximum absolute atomic E-state index is 10.6. The minimum absolute atomic E-state index is 0.0933. The van der Waals surface area contributed by atoms with E-state index in [1.54, 1.807) is 12.1 Å². The van der Waals surface area contributed by atoms with Crippen LogP contribution in [0, 0.1) is 13.7 Å². The molecule has 1 heterocycles. The molecule has 0 atom stereocenters. The zero-order chi connectivity index (χ0) is 12.3. The van der Waals surface area contributed by atoms with Crippen LogP contribution in [-0.2, 0) is 6.54 Å². The van der Waals surface area contributed by atoms with Gasteiger partial charge in [0.2, 0.25) is 6.39 Å². The van der Waals surface area contributed by atoms with E-state index in [0.717, 1.165) is 5.69 Å². The number of nitrogens with zero attached hydrogens (tertiary/aromatic N) is 3. The molecule has 0 saturated heterocycles.